The Morgan fingerprint density at radius 1 is 1.02 bits per heavy atom. The van der Waals surface area contributed by atoms with Crippen molar-refractivity contribution in [2.75, 3.05) is 26.2 Å². The van der Waals surface area contributed by atoms with Crippen molar-refractivity contribution in [2.45, 2.75) is 76.0 Å². The number of aromatic nitrogens is 1. The molecular weight excluding hydrogens is 621 g/mol. The van der Waals surface area contributed by atoms with E-state index >= 15 is 0 Å². The van der Waals surface area contributed by atoms with Gasteiger partial charge in [-0.15, -0.1) is 0 Å². The van der Waals surface area contributed by atoms with Gasteiger partial charge in [0.15, 0.2) is 0 Å². The molecule has 3 heterocycles. The van der Waals surface area contributed by atoms with Crippen LogP contribution in [0.2, 0.25) is 10.0 Å². The monoisotopic (exact) mass is 659 g/mol. The number of hydrogen-bond acceptors (Lipinski definition) is 6. The summed E-state index contributed by atoms with van der Waals surface area (Å²) in [7, 11) is 0. The van der Waals surface area contributed by atoms with Crippen LogP contribution in [0.1, 0.15) is 68.3 Å². The Bertz CT molecular complexity index is 1490. The number of nitrogens with zero attached hydrogens (tertiary/aromatic N) is 1. The molecule has 2 saturated carbocycles. The third-order valence-corrected chi connectivity index (χ3v) is 10.4. The summed E-state index contributed by atoms with van der Waals surface area (Å²) in [5, 5.41) is 9.66. The van der Waals surface area contributed by atoms with Crippen molar-refractivity contribution in [3.63, 3.8) is 0 Å². The minimum atomic E-state index is -1.21. The molecule has 6 rings (SSSR count). The van der Waals surface area contributed by atoms with Crippen LogP contribution in [0.3, 0.4) is 0 Å². The first-order chi connectivity index (χ1) is 21.7. The highest BCUT2D eigenvalue weighted by atomic mass is 35.5. The van der Waals surface area contributed by atoms with Gasteiger partial charge >= 0.3 is 0 Å². The van der Waals surface area contributed by atoms with E-state index in [-0.39, 0.29) is 48.4 Å². The summed E-state index contributed by atoms with van der Waals surface area (Å²) in [5.74, 6) is -3.16. The standard InChI is InChI=1S/C32H39Cl2N5O6/c33-19-13-23(34)22-15-26(37-24(22)14-19)32(44)39-16-18-4-3-7-21(18)27(39)30(42)38-25(12-17-8-9-35-29(17)41)28(40)31(43)36-10-11-45-20-5-1-2-6-20/h13-15,17-18,20-21,25,27,37H,1-12,16H2,(H,35,41)(H,36,43)(H,38,42)/t17-,18-,21-,25?,27-/m0/s1. The van der Waals surface area contributed by atoms with Crippen LogP contribution in [-0.2, 0) is 23.9 Å². The lowest BCUT2D eigenvalue weighted by Crippen LogP contribution is -2.55. The number of carbonyl (C=O) groups is 5. The first-order valence-corrected chi connectivity index (χ1v) is 16.8. The number of rotatable bonds is 11. The van der Waals surface area contributed by atoms with Gasteiger partial charge in [-0.05, 0) is 68.6 Å². The van der Waals surface area contributed by atoms with Gasteiger partial charge in [0, 0.05) is 41.5 Å². The second kappa shape index (κ2) is 13.7. The summed E-state index contributed by atoms with van der Waals surface area (Å²) in [6.45, 7) is 1.33. The van der Waals surface area contributed by atoms with Crippen molar-refractivity contribution in [2.24, 2.45) is 17.8 Å². The zero-order chi connectivity index (χ0) is 31.7. The summed E-state index contributed by atoms with van der Waals surface area (Å²) < 4.78 is 5.79. The molecule has 4 fully saturated rings. The van der Waals surface area contributed by atoms with E-state index in [0.717, 1.165) is 44.9 Å². The van der Waals surface area contributed by atoms with Gasteiger partial charge in [-0.3, -0.25) is 24.0 Å². The number of hydrogen-bond donors (Lipinski definition) is 4. The molecule has 45 heavy (non-hydrogen) atoms. The summed E-state index contributed by atoms with van der Waals surface area (Å²) >= 11 is 12.5. The number of carbonyl (C=O) groups excluding carboxylic acids is 5. The number of likely N-dealkylation sites (tertiary alicyclic amines) is 1. The van der Waals surface area contributed by atoms with Crippen molar-refractivity contribution in [3.8, 4) is 0 Å². The molecule has 1 unspecified atom stereocenters. The third kappa shape index (κ3) is 6.85. The lowest BCUT2D eigenvalue weighted by atomic mass is 9.91. The smallest absolute Gasteiger partial charge is 0.289 e. The maximum atomic E-state index is 14.0. The summed E-state index contributed by atoms with van der Waals surface area (Å²) in [6, 6.07) is 2.90. The average Bonchev–Trinajstić information content (AvgIpc) is 3.83. The van der Waals surface area contributed by atoms with E-state index in [9.17, 15) is 24.0 Å². The largest absolute Gasteiger partial charge is 0.376 e. The fourth-order valence-corrected chi connectivity index (χ4v) is 8.16. The predicted molar refractivity (Wildman–Crippen MR) is 168 cm³/mol. The molecule has 11 nitrogen and oxygen atoms in total. The van der Waals surface area contributed by atoms with E-state index in [2.05, 4.69) is 20.9 Å². The summed E-state index contributed by atoms with van der Waals surface area (Å²) in [4.78, 5) is 71.4. The topological polar surface area (TPSA) is 150 Å². The van der Waals surface area contributed by atoms with E-state index in [4.69, 9.17) is 27.9 Å². The van der Waals surface area contributed by atoms with Crippen LogP contribution in [0.15, 0.2) is 18.2 Å². The highest BCUT2D eigenvalue weighted by Crippen LogP contribution is 2.43. The molecule has 4 amide bonds. The minimum absolute atomic E-state index is 0.00155. The molecule has 13 heteroatoms. The van der Waals surface area contributed by atoms with Gasteiger partial charge in [-0.25, -0.2) is 0 Å². The highest BCUT2D eigenvalue weighted by Gasteiger charge is 2.50. The zero-order valence-corrected chi connectivity index (χ0v) is 26.6. The Balaban J connectivity index is 1.18. The van der Waals surface area contributed by atoms with E-state index in [0.29, 0.717) is 47.1 Å². The van der Waals surface area contributed by atoms with Gasteiger partial charge in [-0.2, -0.15) is 0 Å². The van der Waals surface area contributed by atoms with Crippen LogP contribution in [0, 0.1) is 17.8 Å². The molecule has 1 aromatic carbocycles. The van der Waals surface area contributed by atoms with E-state index in [1.165, 1.54) is 0 Å². The summed E-state index contributed by atoms with van der Waals surface area (Å²) in [6.07, 6.45) is 7.53. The third-order valence-electron chi connectivity index (χ3n) is 9.89. The number of Topliss-reactive ketones (excluding diaryl/α,β-unsaturated/α-hetero) is 1. The molecule has 1 aromatic heterocycles. The Morgan fingerprint density at radius 2 is 1.82 bits per heavy atom. The minimum Gasteiger partial charge on any atom is -0.376 e. The number of aromatic amines is 1. The van der Waals surface area contributed by atoms with Crippen LogP contribution < -0.4 is 16.0 Å². The molecule has 2 saturated heterocycles. The average molecular weight is 661 g/mol. The Labute approximate surface area is 271 Å². The molecule has 0 radical (unpaired) electrons. The predicted octanol–water partition coefficient (Wildman–Crippen LogP) is 3.37. The molecule has 5 atom stereocenters. The van der Waals surface area contributed by atoms with Crippen molar-refractivity contribution in [3.05, 3.63) is 33.9 Å². The number of benzene rings is 1. The highest BCUT2D eigenvalue weighted by molar-refractivity contribution is 6.39. The number of amides is 4. The van der Waals surface area contributed by atoms with E-state index in [1.54, 1.807) is 23.1 Å². The number of nitrogens with one attached hydrogen (secondary N) is 4. The van der Waals surface area contributed by atoms with Gasteiger partial charge in [0.2, 0.25) is 17.6 Å². The normalized spacial score (nSPS) is 25.4. The van der Waals surface area contributed by atoms with Crippen molar-refractivity contribution >= 4 is 63.5 Å². The zero-order valence-electron chi connectivity index (χ0n) is 25.0. The molecule has 2 aliphatic heterocycles. The van der Waals surface area contributed by atoms with Crippen LogP contribution in [0.4, 0.5) is 0 Å². The fourth-order valence-electron chi connectivity index (χ4n) is 7.61. The number of fused-ring (bicyclic) bond motifs is 2. The van der Waals surface area contributed by atoms with Crippen molar-refractivity contribution in [1.29, 1.82) is 0 Å². The van der Waals surface area contributed by atoms with Crippen molar-refractivity contribution < 1.29 is 28.7 Å². The Morgan fingerprint density at radius 3 is 2.58 bits per heavy atom. The SMILES string of the molecule is O=C(NCCOC1CCCC1)C(=O)C(C[C@@H]1CCNC1=O)NC(=O)[C@@H]1[C@H]2CCC[C@H]2CN1C(=O)c1cc2c(Cl)cc(Cl)cc2[nH]1. The molecule has 0 bridgehead atoms. The second-order valence-corrected chi connectivity index (χ2v) is 13.6. The molecule has 0 spiro atoms. The Hall–Kier alpha value is -3.15. The van der Waals surface area contributed by atoms with E-state index in [1.807, 2.05) is 0 Å². The van der Waals surface area contributed by atoms with Crippen LogP contribution in [-0.4, -0.2) is 83.7 Å². The number of halogens is 2. The van der Waals surface area contributed by atoms with Crippen LogP contribution in [0.5, 0.6) is 0 Å². The summed E-state index contributed by atoms with van der Waals surface area (Å²) in [5.41, 5.74) is 0.887. The molecule has 4 N–H and O–H groups in total. The lowest BCUT2D eigenvalue weighted by Gasteiger charge is -2.29. The number of H-pyrrole nitrogens is 1. The quantitative estimate of drug-likeness (QED) is 0.215. The molecule has 242 valence electrons. The first-order valence-electron chi connectivity index (χ1n) is 16.0. The fraction of sp³-hybridized carbons (Fsp3) is 0.594. The van der Waals surface area contributed by atoms with Crippen LogP contribution in [0.25, 0.3) is 10.9 Å². The Kier molecular flexibility index (Phi) is 9.68. The van der Waals surface area contributed by atoms with Crippen LogP contribution >= 0.6 is 23.2 Å². The molecule has 4 aliphatic rings. The second-order valence-electron chi connectivity index (χ2n) is 12.8. The molecule has 2 aromatic rings. The first kappa shape index (κ1) is 31.8. The molecule has 2 aliphatic carbocycles. The number of ketones is 1. The maximum absolute atomic E-state index is 14.0. The lowest BCUT2D eigenvalue weighted by molar-refractivity contribution is -0.141. The van der Waals surface area contributed by atoms with Gasteiger partial charge in [0.25, 0.3) is 11.8 Å². The maximum Gasteiger partial charge on any atom is 0.289 e. The number of ether oxygens (including phenoxy) is 1. The van der Waals surface area contributed by atoms with Gasteiger partial charge in [-0.1, -0.05) is 42.5 Å². The van der Waals surface area contributed by atoms with E-state index < -0.39 is 35.6 Å². The van der Waals surface area contributed by atoms with Gasteiger partial charge < -0.3 is 30.6 Å². The molecular formula is C32H39Cl2N5O6. The van der Waals surface area contributed by atoms with Gasteiger partial charge in [0.1, 0.15) is 11.7 Å². The van der Waals surface area contributed by atoms with Gasteiger partial charge in [0.05, 0.1) is 23.8 Å². The van der Waals surface area contributed by atoms with Crippen molar-refractivity contribution in [1.82, 2.24) is 25.8 Å².